The summed E-state index contributed by atoms with van der Waals surface area (Å²) in [5.74, 6) is -1.68. The highest BCUT2D eigenvalue weighted by molar-refractivity contribution is 8.09. The number of hydrogen-bond acceptors (Lipinski definition) is 4. The van der Waals surface area contributed by atoms with E-state index in [4.69, 9.17) is 0 Å². The van der Waals surface area contributed by atoms with Crippen LogP contribution in [0.5, 0.6) is 0 Å². The molecule has 3 aliphatic rings. The van der Waals surface area contributed by atoms with Gasteiger partial charge in [-0.15, -0.1) is 11.8 Å². The highest BCUT2D eigenvalue weighted by atomic mass is 32.2. The third kappa shape index (κ3) is 4.87. The van der Waals surface area contributed by atoms with Crippen molar-refractivity contribution in [3.05, 3.63) is 77.4 Å². The van der Waals surface area contributed by atoms with Crippen LogP contribution in [-0.2, 0) is 28.9 Å². The number of H-pyrrole nitrogens is 3. The number of carbonyl (C=O) groups is 2. The second-order valence-electron chi connectivity index (χ2n) is 12.1. The van der Waals surface area contributed by atoms with E-state index in [1.807, 2.05) is 24.8 Å². The van der Waals surface area contributed by atoms with Crippen molar-refractivity contribution in [2.24, 2.45) is 0 Å². The molecule has 1 unspecified atom stereocenters. The number of hydrogen-bond donors (Lipinski definition) is 6. The summed E-state index contributed by atoms with van der Waals surface area (Å²) < 4.78 is -0.0273. The van der Waals surface area contributed by atoms with E-state index in [-0.39, 0.29) is 23.6 Å². The summed E-state index contributed by atoms with van der Waals surface area (Å²) in [4.78, 5) is 34.1. The Bertz CT molecular complexity index is 1960. The second kappa shape index (κ2) is 10.7. The summed E-state index contributed by atoms with van der Waals surface area (Å²) in [6.07, 6.45) is 10.4. The molecule has 0 saturated carbocycles. The predicted octanol–water partition coefficient (Wildman–Crippen LogP) is 2.55. The molecule has 0 aromatic carbocycles. The fourth-order valence-corrected chi connectivity index (χ4v) is 8.55. The first-order chi connectivity index (χ1) is 20.4. The second-order valence-corrected chi connectivity index (χ2v) is 13.7. The minimum absolute atomic E-state index is 0.0218. The Kier molecular flexibility index (Phi) is 7.27. The number of carboxylic acids is 2. The number of aliphatic carboxylic acids is 2. The van der Waals surface area contributed by atoms with Crippen LogP contribution in [-0.4, -0.2) is 53.1 Å². The fraction of sp³-hybridized carbons (Fsp3) is 0.412. The van der Waals surface area contributed by atoms with E-state index in [2.05, 4.69) is 73.1 Å². The Morgan fingerprint density at radius 1 is 0.791 bits per heavy atom. The topological polar surface area (TPSA) is 134 Å². The number of nitrogens with one attached hydrogen (secondary N) is 4. The molecule has 8 bridgehead atoms. The number of thioether (sulfide) groups is 1. The predicted molar refractivity (Wildman–Crippen MR) is 172 cm³/mol. The SMILES string of the molecule is CCc1c(C)/c2[nH]/c1=C\C1=C(C)[C@]3(S[C@H]3C)C(/C=c3\[nH]/c(c(CCC(=O)O)c3C)=C\c3[nH]c(c(C)c3CCC(=O)O)\C=2)N1. The van der Waals surface area contributed by atoms with Gasteiger partial charge in [-0.3, -0.25) is 9.59 Å². The van der Waals surface area contributed by atoms with E-state index in [1.54, 1.807) is 0 Å². The molecule has 6 N–H and O–H groups in total. The first kappa shape index (κ1) is 29.2. The highest BCUT2D eigenvalue weighted by Gasteiger charge is 2.62. The number of allylic oxidation sites excluding steroid dienone is 1. The third-order valence-corrected chi connectivity index (χ3v) is 11.5. The molecule has 9 heteroatoms. The molecule has 6 rings (SSSR count). The van der Waals surface area contributed by atoms with E-state index in [0.29, 0.717) is 18.1 Å². The van der Waals surface area contributed by atoms with E-state index in [1.165, 1.54) is 16.7 Å². The van der Waals surface area contributed by atoms with Crippen LogP contribution in [0.25, 0.3) is 24.3 Å². The zero-order chi connectivity index (χ0) is 30.8. The van der Waals surface area contributed by atoms with Crippen molar-refractivity contribution in [1.82, 2.24) is 20.3 Å². The normalized spacial score (nSPS) is 25.2. The molecule has 1 saturated heterocycles. The lowest BCUT2D eigenvalue weighted by Crippen LogP contribution is -2.36. The van der Waals surface area contributed by atoms with E-state index in [9.17, 15) is 19.8 Å². The van der Waals surface area contributed by atoms with Crippen molar-refractivity contribution in [2.75, 3.05) is 0 Å². The van der Waals surface area contributed by atoms with Gasteiger partial charge in [0.1, 0.15) is 0 Å². The Hall–Kier alpha value is -3.85. The maximum Gasteiger partial charge on any atom is 0.303 e. The average Bonchev–Trinajstić information content (AvgIpc) is 3.09. The summed E-state index contributed by atoms with van der Waals surface area (Å²) in [7, 11) is 0. The Balaban J connectivity index is 1.68. The molecule has 1 spiro atoms. The van der Waals surface area contributed by atoms with Gasteiger partial charge in [0.05, 0.1) is 10.8 Å². The molecule has 3 aliphatic heterocycles. The molecule has 8 nitrogen and oxygen atoms in total. The summed E-state index contributed by atoms with van der Waals surface area (Å²) in [5.41, 5.74) is 10.7. The highest BCUT2D eigenvalue weighted by Crippen LogP contribution is 2.63. The van der Waals surface area contributed by atoms with Crippen LogP contribution in [0.4, 0.5) is 0 Å². The van der Waals surface area contributed by atoms with Crippen LogP contribution in [0, 0.1) is 20.8 Å². The van der Waals surface area contributed by atoms with Crippen molar-refractivity contribution in [3.63, 3.8) is 0 Å². The van der Waals surface area contributed by atoms with E-state index >= 15 is 0 Å². The van der Waals surface area contributed by atoms with Gasteiger partial charge in [-0.25, -0.2) is 0 Å². The molecule has 6 heterocycles. The van der Waals surface area contributed by atoms with Gasteiger partial charge in [-0.2, -0.15) is 0 Å². The fourth-order valence-electron chi connectivity index (χ4n) is 7.15. The van der Waals surface area contributed by atoms with Crippen LogP contribution in [0.3, 0.4) is 0 Å². The maximum atomic E-state index is 11.6. The standard InChI is InChI=1S/C34H40N4O4S/c1-7-21-16(2)24-12-25-17(3)22(8-10-32(39)40)29(36-25)14-30-23(9-11-33(41)42)18(4)26(37-30)15-31-34(20(6)43-34)19(5)27(38-31)13-28(21)35-24/h12-15,20,31,35-38H,7-11H2,1-6H3,(H,39,40)(H,41,42)/b24-12-,26-15-,28-13-,30-14-/t20-,31?,34+/m0/s1. The van der Waals surface area contributed by atoms with Crippen molar-refractivity contribution in [3.8, 4) is 0 Å². The summed E-state index contributed by atoms with van der Waals surface area (Å²) in [5, 5.41) is 27.3. The van der Waals surface area contributed by atoms with Crippen molar-refractivity contribution >= 4 is 48.0 Å². The van der Waals surface area contributed by atoms with Crippen LogP contribution < -0.4 is 26.7 Å². The van der Waals surface area contributed by atoms with Gasteiger partial charge < -0.3 is 30.5 Å². The maximum absolute atomic E-state index is 11.6. The molecule has 0 amide bonds. The van der Waals surface area contributed by atoms with E-state index in [0.717, 1.165) is 67.2 Å². The van der Waals surface area contributed by atoms with Gasteiger partial charge in [0.25, 0.3) is 0 Å². The zero-order valence-electron chi connectivity index (χ0n) is 25.6. The van der Waals surface area contributed by atoms with Gasteiger partial charge >= 0.3 is 11.9 Å². The van der Waals surface area contributed by atoms with Crippen LogP contribution in [0.15, 0.2) is 11.3 Å². The van der Waals surface area contributed by atoms with Crippen molar-refractivity contribution in [2.45, 2.75) is 89.7 Å². The van der Waals surface area contributed by atoms with Crippen LogP contribution in [0.2, 0.25) is 0 Å². The number of fused-ring (bicyclic) bond motifs is 9. The van der Waals surface area contributed by atoms with Gasteiger partial charge in [0.15, 0.2) is 0 Å². The Labute approximate surface area is 254 Å². The smallest absolute Gasteiger partial charge is 0.303 e. The molecule has 0 radical (unpaired) electrons. The number of rotatable bonds is 7. The lowest BCUT2D eigenvalue weighted by Gasteiger charge is -2.16. The minimum Gasteiger partial charge on any atom is -0.481 e. The number of carboxylic acid groups (broad SMARTS) is 2. The molecular formula is C34H40N4O4S. The largest absolute Gasteiger partial charge is 0.481 e. The lowest BCUT2D eigenvalue weighted by atomic mass is 9.92. The molecule has 1 fully saturated rings. The molecular weight excluding hydrogens is 560 g/mol. The molecule has 43 heavy (non-hydrogen) atoms. The average molecular weight is 601 g/mol. The Morgan fingerprint density at radius 2 is 1.37 bits per heavy atom. The first-order valence-corrected chi connectivity index (χ1v) is 15.9. The van der Waals surface area contributed by atoms with Gasteiger partial charge in [-0.1, -0.05) is 13.8 Å². The van der Waals surface area contributed by atoms with Gasteiger partial charge in [0.2, 0.25) is 0 Å². The summed E-state index contributed by atoms with van der Waals surface area (Å²) in [6.45, 7) is 13.0. The number of aromatic amines is 3. The zero-order valence-corrected chi connectivity index (χ0v) is 26.4. The lowest BCUT2D eigenvalue weighted by molar-refractivity contribution is -0.138. The van der Waals surface area contributed by atoms with Gasteiger partial charge in [0, 0.05) is 56.6 Å². The van der Waals surface area contributed by atoms with E-state index < -0.39 is 11.9 Å². The first-order valence-electron chi connectivity index (χ1n) is 15.1. The third-order valence-electron chi connectivity index (χ3n) is 9.77. The van der Waals surface area contributed by atoms with Crippen molar-refractivity contribution in [1.29, 1.82) is 0 Å². The monoisotopic (exact) mass is 600 g/mol. The molecule has 3 aromatic rings. The summed E-state index contributed by atoms with van der Waals surface area (Å²) >= 11 is 1.98. The molecule has 3 aromatic heterocycles. The molecule has 3 atom stereocenters. The van der Waals surface area contributed by atoms with Gasteiger partial charge in [-0.05, 0) is 110 Å². The van der Waals surface area contributed by atoms with Crippen LogP contribution in [0.1, 0.15) is 78.4 Å². The minimum atomic E-state index is -0.841. The quantitative estimate of drug-likeness (QED) is 0.231. The molecule has 226 valence electrons. The van der Waals surface area contributed by atoms with Crippen molar-refractivity contribution < 1.29 is 19.8 Å². The summed E-state index contributed by atoms with van der Waals surface area (Å²) in [6, 6.07) is 0.0711. The molecule has 0 aliphatic carbocycles. The Morgan fingerprint density at radius 3 is 2.00 bits per heavy atom. The number of aromatic nitrogens is 3. The van der Waals surface area contributed by atoms with Crippen LogP contribution >= 0.6 is 11.8 Å².